The van der Waals surface area contributed by atoms with E-state index in [0.717, 1.165) is 35.4 Å². The third-order valence-electron chi connectivity index (χ3n) is 5.98. The van der Waals surface area contributed by atoms with Crippen molar-refractivity contribution in [3.63, 3.8) is 0 Å². The molecule has 34 heavy (non-hydrogen) atoms. The number of rotatable bonds is 5. The summed E-state index contributed by atoms with van der Waals surface area (Å²) in [5.41, 5.74) is 4.70. The Labute approximate surface area is 201 Å². The Morgan fingerprint density at radius 1 is 1.09 bits per heavy atom. The van der Waals surface area contributed by atoms with Gasteiger partial charge in [-0.25, -0.2) is 14.0 Å². The number of fused-ring (bicyclic) bond motifs is 1. The molecule has 2 heterocycles. The van der Waals surface area contributed by atoms with Gasteiger partial charge in [0.15, 0.2) is 0 Å². The van der Waals surface area contributed by atoms with Gasteiger partial charge in [0.25, 0.3) is 5.56 Å². The van der Waals surface area contributed by atoms with Crippen molar-refractivity contribution in [1.82, 2.24) is 19.4 Å². The Bertz CT molecular complexity index is 1370. The SMILES string of the molecule is COc1c(-c2ccc3c(c2)CCN(NS(C)=O)C3)cc(-n2ccc(=O)[nH]c2=O)cc1C(C)(C)C. The molecular formula is C25H30N4O4S. The number of hydrogen-bond acceptors (Lipinski definition) is 5. The van der Waals surface area contributed by atoms with E-state index in [4.69, 9.17) is 4.74 Å². The summed E-state index contributed by atoms with van der Waals surface area (Å²) in [6.07, 6.45) is 3.94. The van der Waals surface area contributed by atoms with E-state index in [1.165, 1.54) is 28.0 Å². The zero-order chi connectivity index (χ0) is 24.6. The van der Waals surface area contributed by atoms with Crippen LogP contribution in [0.3, 0.4) is 0 Å². The van der Waals surface area contributed by atoms with Crippen LogP contribution >= 0.6 is 0 Å². The number of hydrazine groups is 1. The summed E-state index contributed by atoms with van der Waals surface area (Å²) in [5, 5.41) is 1.97. The molecule has 0 amide bonds. The molecule has 1 unspecified atom stereocenters. The Hall–Kier alpha value is -3.01. The number of nitrogens with one attached hydrogen (secondary N) is 2. The van der Waals surface area contributed by atoms with Gasteiger partial charge in [0.2, 0.25) is 0 Å². The van der Waals surface area contributed by atoms with E-state index < -0.39 is 22.2 Å². The van der Waals surface area contributed by atoms with Crippen molar-refractivity contribution in [2.24, 2.45) is 0 Å². The smallest absolute Gasteiger partial charge is 0.332 e. The number of H-pyrrole nitrogens is 1. The van der Waals surface area contributed by atoms with Gasteiger partial charge in [-0.15, -0.1) is 0 Å². The molecule has 2 aromatic carbocycles. The molecule has 0 aliphatic carbocycles. The van der Waals surface area contributed by atoms with Crippen molar-refractivity contribution in [2.45, 2.75) is 39.2 Å². The van der Waals surface area contributed by atoms with Crippen LogP contribution in [0.25, 0.3) is 16.8 Å². The fourth-order valence-corrected chi connectivity index (χ4v) is 4.86. The van der Waals surface area contributed by atoms with Crippen LogP contribution in [0.15, 0.2) is 52.2 Å². The van der Waals surface area contributed by atoms with Crippen molar-refractivity contribution in [3.05, 3.63) is 80.1 Å². The number of aromatic amines is 1. The highest BCUT2D eigenvalue weighted by Crippen LogP contribution is 2.41. The first-order valence-corrected chi connectivity index (χ1v) is 12.6. The lowest BCUT2D eigenvalue weighted by Crippen LogP contribution is -2.42. The Kier molecular flexibility index (Phi) is 6.62. The van der Waals surface area contributed by atoms with Crippen LogP contribution in [0.2, 0.25) is 0 Å². The minimum absolute atomic E-state index is 0.252. The number of ether oxygens (including phenoxy) is 1. The maximum Gasteiger partial charge on any atom is 0.332 e. The molecule has 0 spiro atoms. The monoisotopic (exact) mass is 482 g/mol. The van der Waals surface area contributed by atoms with Crippen LogP contribution in [-0.2, 0) is 29.4 Å². The Morgan fingerprint density at radius 2 is 1.85 bits per heavy atom. The van der Waals surface area contributed by atoms with E-state index in [1.54, 1.807) is 13.4 Å². The van der Waals surface area contributed by atoms with Crippen LogP contribution in [0.4, 0.5) is 0 Å². The molecule has 0 radical (unpaired) electrons. The molecule has 0 bridgehead atoms. The number of methoxy groups -OCH3 is 1. The molecule has 0 saturated heterocycles. The van der Waals surface area contributed by atoms with Crippen molar-refractivity contribution in [2.75, 3.05) is 19.9 Å². The molecular weight excluding hydrogens is 452 g/mol. The summed E-state index contributed by atoms with van der Waals surface area (Å²) in [5.74, 6) is 0.758. The highest BCUT2D eigenvalue weighted by Gasteiger charge is 2.25. The van der Waals surface area contributed by atoms with Crippen molar-refractivity contribution in [3.8, 4) is 22.6 Å². The predicted molar refractivity (Wildman–Crippen MR) is 135 cm³/mol. The lowest BCUT2D eigenvalue weighted by molar-refractivity contribution is 0.226. The zero-order valence-corrected chi connectivity index (χ0v) is 20.9. The fourth-order valence-electron chi connectivity index (χ4n) is 4.34. The van der Waals surface area contributed by atoms with E-state index in [2.05, 4.69) is 48.8 Å². The van der Waals surface area contributed by atoms with Gasteiger partial charge in [-0.05, 0) is 40.7 Å². The Balaban J connectivity index is 1.87. The number of nitrogens with zero attached hydrogens (tertiary/aromatic N) is 2. The molecule has 0 fully saturated rings. The zero-order valence-electron chi connectivity index (χ0n) is 20.1. The van der Waals surface area contributed by atoms with Crippen LogP contribution in [0, 0.1) is 0 Å². The molecule has 1 aliphatic heterocycles. The minimum atomic E-state index is -1.10. The molecule has 1 aliphatic rings. The first-order valence-electron chi connectivity index (χ1n) is 11.1. The number of benzene rings is 2. The highest BCUT2D eigenvalue weighted by molar-refractivity contribution is 7.82. The van der Waals surface area contributed by atoms with Crippen LogP contribution in [0.1, 0.15) is 37.5 Å². The summed E-state index contributed by atoms with van der Waals surface area (Å²) in [6, 6.07) is 11.5. The average molecular weight is 483 g/mol. The lowest BCUT2D eigenvalue weighted by atomic mass is 9.83. The molecule has 3 aromatic rings. The normalized spacial score (nSPS) is 15.1. The second-order valence-corrected chi connectivity index (χ2v) is 10.6. The largest absolute Gasteiger partial charge is 0.496 e. The topological polar surface area (TPSA) is 96.4 Å². The van der Waals surface area contributed by atoms with Gasteiger partial charge in [-0.1, -0.05) is 39.0 Å². The van der Waals surface area contributed by atoms with Gasteiger partial charge >= 0.3 is 5.69 Å². The maximum atomic E-state index is 12.5. The number of hydrogen-bond donors (Lipinski definition) is 2. The molecule has 1 atom stereocenters. The second kappa shape index (κ2) is 9.32. The van der Waals surface area contributed by atoms with Gasteiger partial charge in [0, 0.05) is 42.7 Å². The van der Waals surface area contributed by atoms with E-state index >= 15 is 0 Å². The highest BCUT2D eigenvalue weighted by atomic mass is 32.2. The van der Waals surface area contributed by atoms with Gasteiger partial charge < -0.3 is 4.74 Å². The summed E-state index contributed by atoms with van der Waals surface area (Å²) < 4.78 is 18.9. The van der Waals surface area contributed by atoms with Crippen LogP contribution in [-0.4, -0.2) is 38.7 Å². The van der Waals surface area contributed by atoms with Crippen LogP contribution < -0.4 is 20.8 Å². The average Bonchev–Trinajstić information content (AvgIpc) is 2.77. The quantitative estimate of drug-likeness (QED) is 0.583. The summed E-state index contributed by atoms with van der Waals surface area (Å²) in [4.78, 5) is 29.4. The summed E-state index contributed by atoms with van der Waals surface area (Å²) >= 11 is 0. The third-order valence-corrected chi connectivity index (χ3v) is 6.49. The molecule has 2 N–H and O–H groups in total. The first kappa shape index (κ1) is 24.1. The van der Waals surface area contributed by atoms with Gasteiger partial charge in [0.1, 0.15) is 16.7 Å². The molecule has 0 saturated carbocycles. The minimum Gasteiger partial charge on any atom is -0.496 e. The number of aromatic nitrogens is 2. The van der Waals surface area contributed by atoms with Gasteiger partial charge in [-0.2, -0.15) is 4.83 Å². The molecule has 1 aromatic heterocycles. The third kappa shape index (κ3) is 4.91. The van der Waals surface area contributed by atoms with Crippen LogP contribution in [0.5, 0.6) is 5.75 Å². The van der Waals surface area contributed by atoms with E-state index in [9.17, 15) is 13.8 Å². The van der Waals surface area contributed by atoms with E-state index in [0.29, 0.717) is 12.2 Å². The Morgan fingerprint density at radius 3 is 2.50 bits per heavy atom. The predicted octanol–water partition coefficient (Wildman–Crippen LogP) is 2.66. The maximum absolute atomic E-state index is 12.5. The van der Waals surface area contributed by atoms with Crippen molar-refractivity contribution < 1.29 is 8.95 Å². The molecule has 8 nitrogen and oxygen atoms in total. The lowest BCUT2D eigenvalue weighted by Gasteiger charge is -2.29. The summed E-state index contributed by atoms with van der Waals surface area (Å²) in [7, 11) is 0.555. The van der Waals surface area contributed by atoms with Crippen molar-refractivity contribution in [1.29, 1.82) is 0 Å². The van der Waals surface area contributed by atoms with Gasteiger partial charge in [-0.3, -0.25) is 14.3 Å². The fraction of sp³-hybridized carbons (Fsp3) is 0.360. The van der Waals surface area contributed by atoms with Gasteiger partial charge in [0.05, 0.1) is 12.8 Å². The second-order valence-electron chi connectivity index (χ2n) is 9.50. The summed E-state index contributed by atoms with van der Waals surface area (Å²) in [6.45, 7) is 7.72. The molecule has 4 rings (SSSR count). The molecule has 180 valence electrons. The van der Waals surface area contributed by atoms with E-state index in [1.807, 2.05) is 17.1 Å². The first-order chi connectivity index (χ1) is 16.1. The van der Waals surface area contributed by atoms with Crippen molar-refractivity contribution >= 4 is 11.0 Å². The van der Waals surface area contributed by atoms with E-state index in [-0.39, 0.29) is 5.41 Å². The standard InChI is InChI=1S/C25H30N4O4S/c1-25(2,3)21-14-19(29-11-9-22(30)26-24(29)31)13-20(23(21)33-4)17-6-7-18-15-28(27-34(5)32)10-8-16(18)12-17/h6-7,9,11-14,27H,8,10,15H2,1-5H3,(H,26,30,31). The molecule has 9 heteroatoms.